The predicted molar refractivity (Wildman–Crippen MR) is 139 cm³/mol. The fraction of sp³-hybridized carbons (Fsp3) is 0.400. The average molecular weight is 530 g/mol. The number of nitrogens with one attached hydrogen (secondary N) is 3. The van der Waals surface area contributed by atoms with Gasteiger partial charge in [-0.25, -0.2) is 4.39 Å². The molecule has 3 rings (SSSR count). The molecule has 1 aliphatic rings. The van der Waals surface area contributed by atoms with Gasteiger partial charge < -0.3 is 20.7 Å². The Balaban J connectivity index is 0.000000477. The van der Waals surface area contributed by atoms with Gasteiger partial charge in [0.2, 0.25) is 12.3 Å². The van der Waals surface area contributed by atoms with E-state index in [9.17, 15) is 18.8 Å². The Kier molecular flexibility index (Phi) is 17.2. The largest absolute Gasteiger partial charge is 0.486 e. The van der Waals surface area contributed by atoms with Crippen molar-refractivity contribution in [2.24, 2.45) is 0 Å². The fourth-order valence-corrected chi connectivity index (χ4v) is 2.67. The van der Waals surface area contributed by atoms with Gasteiger partial charge >= 0.3 is 0 Å². The van der Waals surface area contributed by atoms with Crippen LogP contribution in [0.1, 0.15) is 31.7 Å². The van der Waals surface area contributed by atoms with Crippen LogP contribution in [0.25, 0.3) is 0 Å². The van der Waals surface area contributed by atoms with E-state index in [0.717, 1.165) is 30.4 Å². The summed E-state index contributed by atoms with van der Waals surface area (Å²) in [5.74, 6) is -0.356. The zero-order chi connectivity index (χ0) is 26.7. The molecule has 1 fully saturated rings. The number of carbonyl (C=O) groups excluding carboxylic acids is 3. The van der Waals surface area contributed by atoms with Gasteiger partial charge in [-0.2, -0.15) is 0 Å². The molecule has 0 spiro atoms. The van der Waals surface area contributed by atoms with Gasteiger partial charge in [0.1, 0.15) is 18.2 Å². The highest BCUT2D eigenvalue weighted by Gasteiger charge is 2.41. The first-order chi connectivity index (χ1) is 16.7. The van der Waals surface area contributed by atoms with Gasteiger partial charge in [0.25, 0.3) is 0 Å². The number of carbonyl (C=O) groups is 3. The second-order valence-electron chi connectivity index (χ2n) is 7.53. The SMILES string of the molecule is CCC1(NC(=O)CNC=O)CC1.CNC.Cc1ccc(Cl)cc1.O=CCOc1ccc(Cl)c(F)c1. The minimum atomic E-state index is -0.555. The van der Waals surface area contributed by atoms with Crippen molar-refractivity contribution in [2.45, 2.75) is 38.6 Å². The number of hydrogen-bond donors (Lipinski definition) is 3. The fourth-order valence-electron chi connectivity index (χ4n) is 2.42. The van der Waals surface area contributed by atoms with E-state index in [1.165, 1.54) is 17.7 Å². The first kappa shape index (κ1) is 32.3. The molecule has 3 N–H and O–H groups in total. The molecule has 0 bridgehead atoms. The maximum Gasteiger partial charge on any atom is 0.239 e. The Hall–Kier alpha value is -2.68. The van der Waals surface area contributed by atoms with Crippen molar-refractivity contribution in [3.05, 3.63) is 63.9 Å². The van der Waals surface area contributed by atoms with Crippen molar-refractivity contribution in [3.63, 3.8) is 0 Å². The number of rotatable bonds is 8. The predicted octanol–water partition coefficient (Wildman–Crippen LogP) is 4.33. The Labute approximate surface area is 216 Å². The van der Waals surface area contributed by atoms with Gasteiger partial charge in [0.05, 0.1) is 11.6 Å². The van der Waals surface area contributed by atoms with Crippen LogP contribution in [-0.2, 0) is 14.4 Å². The highest BCUT2D eigenvalue weighted by molar-refractivity contribution is 6.30. The highest BCUT2D eigenvalue weighted by atomic mass is 35.5. The number of amides is 2. The van der Waals surface area contributed by atoms with E-state index < -0.39 is 5.82 Å². The molecule has 7 nitrogen and oxygen atoms in total. The van der Waals surface area contributed by atoms with Crippen LogP contribution in [0.4, 0.5) is 4.39 Å². The third-order valence-corrected chi connectivity index (χ3v) is 5.06. The van der Waals surface area contributed by atoms with E-state index in [-0.39, 0.29) is 29.6 Å². The summed E-state index contributed by atoms with van der Waals surface area (Å²) in [7, 11) is 3.75. The quantitative estimate of drug-likeness (QED) is 0.442. The van der Waals surface area contributed by atoms with Crippen molar-refractivity contribution < 1.29 is 23.5 Å². The van der Waals surface area contributed by atoms with Gasteiger partial charge in [-0.15, -0.1) is 0 Å². The number of benzene rings is 2. The van der Waals surface area contributed by atoms with E-state index in [1.807, 2.05) is 45.3 Å². The van der Waals surface area contributed by atoms with E-state index in [4.69, 9.17) is 27.9 Å². The third-order valence-electron chi connectivity index (χ3n) is 4.50. The molecular weight excluding hydrogens is 496 g/mol. The summed E-state index contributed by atoms with van der Waals surface area (Å²) in [6.45, 7) is 4.10. The van der Waals surface area contributed by atoms with Gasteiger partial charge in [-0.1, -0.05) is 47.8 Å². The van der Waals surface area contributed by atoms with Crippen molar-refractivity contribution in [3.8, 4) is 5.75 Å². The monoisotopic (exact) mass is 529 g/mol. The lowest BCUT2D eigenvalue weighted by Crippen LogP contribution is -2.41. The molecule has 0 aliphatic heterocycles. The second kappa shape index (κ2) is 18.6. The summed E-state index contributed by atoms with van der Waals surface area (Å²) in [4.78, 5) is 30.8. The number of ether oxygens (including phenoxy) is 1. The van der Waals surface area contributed by atoms with Crippen LogP contribution in [0.2, 0.25) is 10.0 Å². The van der Waals surface area contributed by atoms with Crippen molar-refractivity contribution in [1.29, 1.82) is 0 Å². The van der Waals surface area contributed by atoms with Crippen LogP contribution in [0.5, 0.6) is 5.75 Å². The molecule has 0 saturated heterocycles. The molecule has 0 unspecified atom stereocenters. The molecule has 2 amide bonds. The molecule has 0 radical (unpaired) electrons. The molecule has 2 aromatic rings. The smallest absolute Gasteiger partial charge is 0.239 e. The maximum absolute atomic E-state index is 12.7. The molecule has 1 aliphatic carbocycles. The Morgan fingerprint density at radius 2 is 1.71 bits per heavy atom. The molecule has 0 heterocycles. The zero-order valence-electron chi connectivity index (χ0n) is 20.5. The average Bonchev–Trinajstić information content (AvgIpc) is 3.61. The van der Waals surface area contributed by atoms with E-state index in [2.05, 4.69) is 22.9 Å². The summed E-state index contributed by atoms with van der Waals surface area (Å²) in [6, 6.07) is 11.7. The van der Waals surface area contributed by atoms with E-state index in [0.29, 0.717) is 18.4 Å². The first-order valence-electron chi connectivity index (χ1n) is 11.0. The first-order valence-corrected chi connectivity index (χ1v) is 11.7. The van der Waals surface area contributed by atoms with Gasteiger partial charge in [0.15, 0.2) is 6.29 Å². The number of hydrogen-bond acceptors (Lipinski definition) is 5. The Morgan fingerprint density at radius 1 is 1.11 bits per heavy atom. The van der Waals surface area contributed by atoms with Crippen LogP contribution in [0.3, 0.4) is 0 Å². The number of aldehydes is 1. The Bertz CT molecular complexity index is 874. The van der Waals surface area contributed by atoms with Crippen molar-refractivity contribution in [2.75, 3.05) is 27.2 Å². The molecule has 0 atom stereocenters. The summed E-state index contributed by atoms with van der Waals surface area (Å²) in [6.07, 6.45) is 4.23. The molecule has 194 valence electrons. The molecule has 10 heteroatoms. The van der Waals surface area contributed by atoms with Crippen molar-refractivity contribution >= 4 is 41.8 Å². The Morgan fingerprint density at radius 3 is 2.14 bits per heavy atom. The van der Waals surface area contributed by atoms with Crippen LogP contribution >= 0.6 is 23.2 Å². The van der Waals surface area contributed by atoms with Crippen LogP contribution in [-0.4, -0.2) is 51.4 Å². The van der Waals surface area contributed by atoms with Gasteiger partial charge in [-0.05, 0) is 64.5 Å². The van der Waals surface area contributed by atoms with Crippen LogP contribution in [0.15, 0.2) is 42.5 Å². The maximum atomic E-state index is 12.7. The number of halogens is 3. The zero-order valence-corrected chi connectivity index (χ0v) is 22.0. The van der Waals surface area contributed by atoms with E-state index in [1.54, 1.807) is 0 Å². The normalized spacial score (nSPS) is 12.1. The molecule has 35 heavy (non-hydrogen) atoms. The lowest BCUT2D eigenvalue weighted by molar-refractivity contribution is -0.123. The van der Waals surface area contributed by atoms with Gasteiger partial charge in [-0.3, -0.25) is 14.4 Å². The topological polar surface area (TPSA) is 96.5 Å². The summed E-state index contributed by atoms with van der Waals surface area (Å²) in [5, 5.41) is 8.81. The van der Waals surface area contributed by atoms with E-state index >= 15 is 0 Å². The van der Waals surface area contributed by atoms with Gasteiger partial charge in [0, 0.05) is 16.6 Å². The van der Waals surface area contributed by atoms with Crippen LogP contribution in [0, 0.1) is 12.7 Å². The summed E-state index contributed by atoms with van der Waals surface area (Å²) >= 11 is 11.0. The minimum Gasteiger partial charge on any atom is -0.486 e. The number of aryl methyl sites for hydroxylation is 1. The summed E-state index contributed by atoms with van der Waals surface area (Å²) in [5.41, 5.74) is 1.30. The second-order valence-corrected chi connectivity index (χ2v) is 8.37. The summed E-state index contributed by atoms with van der Waals surface area (Å²) < 4.78 is 17.5. The minimum absolute atomic E-state index is 0.0356. The molecule has 2 aromatic carbocycles. The van der Waals surface area contributed by atoms with Crippen molar-refractivity contribution in [1.82, 2.24) is 16.0 Å². The lowest BCUT2D eigenvalue weighted by Gasteiger charge is -2.14. The molecule has 0 aromatic heterocycles. The highest BCUT2D eigenvalue weighted by Crippen LogP contribution is 2.38. The third kappa shape index (κ3) is 15.8. The molecule has 1 saturated carbocycles. The standard InChI is InChI=1S/C8H6ClFO2.C8H14N2O2.C7H7Cl.C2H7N/c9-7-2-1-6(5-8(7)10)12-4-3-11;1-2-8(3-4-8)10-7(12)5-9-6-11;1-6-2-4-7(8)5-3-6;1-3-2/h1-3,5H,4H2;6H,2-5H2,1H3,(H,9,11)(H,10,12);2-5H,1H3;3H,1-2H3. The molecular formula is C25H34Cl2FN3O4. The lowest BCUT2D eigenvalue weighted by atomic mass is 10.2. The van der Waals surface area contributed by atoms with Crippen LogP contribution < -0.4 is 20.7 Å².